The van der Waals surface area contributed by atoms with Crippen molar-refractivity contribution in [2.75, 3.05) is 11.9 Å². The molecule has 0 fully saturated rings. The summed E-state index contributed by atoms with van der Waals surface area (Å²) in [6, 6.07) is 7.78. The molecule has 0 unspecified atom stereocenters. The lowest BCUT2D eigenvalue weighted by Crippen LogP contribution is -2.30. The highest BCUT2D eigenvalue weighted by molar-refractivity contribution is 7.80. The first-order valence-electron chi connectivity index (χ1n) is 6.24. The number of aromatic nitrogens is 1. The average molecular weight is 275 g/mol. The quantitative estimate of drug-likeness (QED) is 0.649. The van der Waals surface area contributed by atoms with E-state index in [-0.39, 0.29) is 0 Å². The van der Waals surface area contributed by atoms with Gasteiger partial charge in [-0.05, 0) is 49.3 Å². The summed E-state index contributed by atoms with van der Waals surface area (Å²) in [6.45, 7) is 2.80. The molecule has 2 aromatic heterocycles. The summed E-state index contributed by atoms with van der Waals surface area (Å²) >= 11 is 5.22. The zero-order valence-electron chi connectivity index (χ0n) is 10.8. The zero-order valence-corrected chi connectivity index (χ0v) is 11.7. The van der Waals surface area contributed by atoms with Gasteiger partial charge in [0, 0.05) is 19.2 Å². The van der Waals surface area contributed by atoms with Crippen LogP contribution in [-0.4, -0.2) is 16.6 Å². The van der Waals surface area contributed by atoms with E-state index in [4.69, 9.17) is 16.6 Å². The largest absolute Gasteiger partial charge is 0.469 e. The maximum Gasteiger partial charge on any atom is 0.171 e. The zero-order chi connectivity index (χ0) is 13.5. The molecule has 0 aliphatic carbocycles. The molecule has 0 radical (unpaired) electrons. The molecular weight excluding hydrogens is 258 g/mol. The molecule has 19 heavy (non-hydrogen) atoms. The fourth-order valence-corrected chi connectivity index (χ4v) is 1.89. The fraction of sp³-hybridized carbons (Fsp3) is 0.286. The van der Waals surface area contributed by atoms with E-state index in [1.165, 1.54) is 0 Å². The molecule has 0 aliphatic heterocycles. The lowest BCUT2D eigenvalue weighted by Gasteiger charge is -2.10. The molecule has 0 aromatic carbocycles. The third-order valence-corrected chi connectivity index (χ3v) is 2.95. The summed E-state index contributed by atoms with van der Waals surface area (Å²) in [5.74, 6) is 1.80. The Bertz CT molecular complexity index is 525. The van der Waals surface area contributed by atoms with Crippen LogP contribution in [0.3, 0.4) is 0 Å². The number of hydrogen-bond acceptors (Lipinski definition) is 3. The molecule has 0 bridgehead atoms. The monoisotopic (exact) mass is 275 g/mol. The van der Waals surface area contributed by atoms with Gasteiger partial charge in [0.1, 0.15) is 11.6 Å². The van der Waals surface area contributed by atoms with Gasteiger partial charge in [-0.25, -0.2) is 4.98 Å². The summed E-state index contributed by atoms with van der Waals surface area (Å²) in [6.07, 6.45) is 5.31. The van der Waals surface area contributed by atoms with E-state index in [1.54, 1.807) is 12.5 Å². The lowest BCUT2D eigenvalue weighted by molar-refractivity contribution is 0.501. The lowest BCUT2D eigenvalue weighted by atomic mass is 10.2. The average Bonchev–Trinajstić information content (AvgIpc) is 2.91. The van der Waals surface area contributed by atoms with Crippen LogP contribution in [-0.2, 0) is 6.42 Å². The Morgan fingerprint density at radius 1 is 1.37 bits per heavy atom. The van der Waals surface area contributed by atoms with Crippen LogP contribution >= 0.6 is 12.2 Å². The first-order chi connectivity index (χ1) is 9.25. The summed E-state index contributed by atoms with van der Waals surface area (Å²) in [5, 5.41) is 6.85. The molecule has 2 aromatic rings. The van der Waals surface area contributed by atoms with Crippen molar-refractivity contribution >= 4 is 23.1 Å². The van der Waals surface area contributed by atoms with Crippen LogP contribution in [0.15, 0.2) is 41.1 Å². The van der Waals surface area contributed by atoms with Gasteiger partial charge in [-0.15, -0.1) is 0 Å². The molecule has 100 valence electrons. The number of nitrogens with zero attached hydrogens (tertiary/aromatic N) is 1. The van der Waals surface area contributed by atoms with Crippen molar-refractivity contribution in [1.29, 1.82) is 0 Å². The third kappa shape index (κ3) is 4.37. The van der Waals surface area contributed by atoms with Crippen molar-refractivity contribution in [3.8, 4) is 0 Å². The van der Waals surface area contributed by atoms with Crippen LogP contribution in [0.2, 0.25) is 0 Å². The second kappa shape index (κ2) is 6.89. The smallest absolute Gasteiger partial charge is 0.171 e. The van der Waals surface area contributed by atoms with Crippen molar-refractivity contribution < 1.29 is 4.42 Å². The fourth-order valence-electron chi connectivity index (χ4n) is 1.69. The third-order valence-electron chi connectivity index (χ3n) is 2.71. The van der Waals surface area contributed by atoms with E-state index < -0.39 is 0 Å². The summed E-state index contributed by atoms with van der Waals surface area (Å²) in [4.78, 5) is 4.23. The number of hydrogen-bond donors (Lipinski definition) is 2. The SMILES string of the molecule is Cc1cccnc1NC(=S)NCCCc1ccco1. The maximum atomic E-state index is 5.27. The van der Waals surface area contributed by atoms with Crippen molar-refractivity contribution in [2.24, 2.45) is 0 Å². The Hall–Kier alpha value is -1.88. The molecule has 2 rings (SSSR count). The molecule has 0 saturated carbocycles. The summed E-state index contributed by atoms with van der Waals surface area (Å²) < 4.78 is 5.27. The Kier molecular flexibility index (Phi) is 4.92. The molecule has 2 N–H and O–H groups in total. The molecule has 0 atom stereocenters. The number of rotatable bonds is 5. The van der Waals surface area contributed by atoms with Crippen LogP contribution in [0.1, 0.15) is 17.7 Å². The molecule has 2 heterocycles. The van der Waals surface area contributed by atoms with Crippen LogP contribution in [0.5, 0.6) is 0 Å². The second-order valence-corrected chi connectivity index (χ2v) is 4.64. The normalized spacial score (nSPS) is 10.2. The van der Waals surface area contributed by atoms with Gasteiger partial charge >= 0.3 is 0 Å². The van der Waals surface area contributed by atoms with Gasteiger partial charge in [-0.2, -0.15) is 0 Å². The van der Waals surface area contributed by atoms with E-state index in [2.05, 4.69) is 15.6 Å². The molecule has 0 spiro atoms. The molecular formula is C14H17N3OS. The van der Waals surface area contributed by atoms with E-state index >= 15 is 0 Å². The van der Waals surface area contributed by atoms with Crippen LogP contribution in [0.25, 0.3) is 0 Å². The van der Waals surface area contributed by atoms with Crippen molar-refractivity contribution in [3.05, 3.63) is 48.0 Å². The first-order valence-corrected chi connectivity index (χ1v) is 6.65. The van der Waals surface area contributed by atoms with Crippen LogP contribution in [0, 0.1) is 6.92 Å². The van der Waals surface area contributed by atoms with Crippen LogP contribution < -0.4 is 10.6 Å². The van der Waals surface area contributed by atoms with Crippen molar-refractivity contribution in [3.63, 3.8) is 0 Å². The van der Waals surface area contributed by atoms with Crippen LogP contribution in [0.4, 0.5) is 5.82 Å². The standard InChI is InChI=1S/C14H17N3OS/c1-11-5-2-8-15-13(11)17-14(19)16-9-3-6-12-7-4-10-18-12/h2,4-5,7-8,10H,3,6,9H2,1H3,(H2,15,16,17,19). The minimum Gasteiger partial charge on any atom is -0.469 e. The van der Waals surface area contributed by atoms with Gasteiger partial charge in [-0.1, -0.05) is 6.07 Å². The number of nitrogens with one attached hydrogen (secondary N) is 2. The Morgan fingerprint density at radius 2 is 2.26 bits per heavy atom. The Labute approximate surface area is 118 Å². The molecule has 5 heteroatoms. The van der Waals surface area contributed by atoms with Gasteiger partial charge in [-0.3, -0.25) is 0 Å². The summed E-state index contributed by atoms with van der Waals surface area (Å²) in [5.41, 5.74) is 1.07. The number of pyridine rings is 1. The van der Waals surface area contributed by atoms with E-state index in [0.717, 1.165) is 36.5 Å². The van der Waals surface area contributed by atoms with Gasteiger partial charge in [0.25, 0.3) is 0 Å². The predicted octanol–water partition coefficient (Wildman–Crippen LogP) is 2.90. The van der Waals surface area contributed by atoms with Gasteiger partial charge in [0.05, 0.1) is 6.26 Å². The van der Waals surface area contributed by atoms with Crippen molar-refractivity contribution in [2.45, 2.75) is 19.8 Å². The molecule has 0 amide bonds. The van der Waals surface area contributed by atoms with Crippen molar-refractivity contribution in [1.82, 2.24) is 10.3 Å². The number of thiocarbonyl (C=S) groups is 1. The van der Waals surface area contributed by atoms with Gasteiger partial charge in [0.2, 0.25) is 0 Å². The maximum absolute atomic E-state index is 5.27. The highest BCUT2D eigenvalue weighted by Gasteiger charge is 2.01. The highest BCUT2D eigenvalue weighted by Crippen LogP contribution is 2.08. The van der Waals surface area contributed by atoms with Gasteiger partial charge < -0.3 is 15.1 Å². The predicted molar refractivity (Wildman–Crippen MR) is 80.2 cm³/mol. The number of aryl methyl sites for hydroxylation is 2. The molecule has 0 saturated heterocycles. The minimum atomic E-state index is 0.598. The minimum absolute atomic E-state index is 0.598. The first kappa shape index (κ1) is 13.5. The molecule has 4 nitrogen and oxygen atoms in total. The van der Waals surface area contributed by atoms with E-state index in [0.29, 0.717) is 5.11 Å². The Morgan fingerprint density at radius 3 is 3.00 bits per heavy atom. The highest BCUT2D eigenvalue weighted by atomic mass is 32.1. The number of furan rings is 1. The van der Waals surface area contributed by atoms with Gasteiger partial charge in [0.15, 0.2) is 5.11 Å². The van der Waals surface area contributed by atoms with E-state index in [1.807, 2.05) is 31.2 Å². The van der Waals surface area contributed by atoms with E-state index in [9.17, 15) is 0 Å². The second-order valence-electron chi connectivity index (χ2n) is 4.23. The summed E-state index contributed by atoms with van der Waals surface area (Å²) in [7, 11) is 0. The molecule has 0 aliphatic rings. The number of anilines is 1. The topological polar surface area (TPSA) is 50.1 Å². The Balaban J connectivity index is 1.69.